The van der Waals surface area contributed by atoms with Crippen molar-refractivity contribution in [3.63, 3.8) is 0 Å². The van der Waals surface area contributed by atoms with Crippen LogP contribution in [0.25, 0.3) is 0 Å². The molecular formula is C11H13NO2. The molecule has 0 bridgehead atoms. The summed E-state index contributed by atoms with van der Waals surface area (Å²) in [5.41, 5.74) is 0.462. The normalized spacial score (nSPS) is 11.9. The molecule has 0 fully saturated rings. The Morgan fingerprint density at radius 2 is 2.07 bits per heavy atom. The van der Waals surface area contributed by atoms with Gasteiger partial charge in [-0.1, -0.05) is 24.3 Å². The van der Waals surface area contributed by atoms with E-state index in [0.29, 0.717) is 10.6 Å². The highest BCUT2D eigenvalue weighted by Crippen LogP contribution is 2.06. The second kappa shape index (κ2) is 4.58. The van der Waals surface area contributed by atoms with Gasteiger partial charge in [0.05, 0.1) is 6.04 Å². The Morgan fingerprint density at radius 1 is 1.50 bits per heavy atom. The van der Waals surface area contributed by atoms with Crippen molar-refractivity contribution in [2.75, 3.05) is 0 Å². The Hall–Kier alpha value is -1.61. The highest BCUT2D eigenvalue weighted by atomic mass is 16.5. The summed E-state index contributed by atoms with van der Waals surface area (Å²) in [6.07, 6.45) is 1.50. The van der Waals surface area contributed by atoms with E-state index in [2.05, 4.69) is 6.58 Å². The Labute approximate surface area is 83.2 Å². The van der Waals surface area contributed by atoms with Crippen LogP contribution in [-0.2, 0) is 0 Å². The van der Waals surface area contributed by atoms with Crippen LogP contribution in [0.3, 0.4) is 0 Å². The number of hydrogen-bond donors (Lipinski definition) is 1. The van der Waals surface area contributed by atoms with E-state index in [9.17, 15) is 10.0 Å². The third-order valence-electron chi connectivity index (χ3n) is 1.96. The second-order valence-corrected chi connectivity index (χ2v) is 2.99. The van der Waals surface area contributed by atoms with Crippen molar-refractivity contribution in [1.29, 1.82) is 0 Å². The maximum Gasteiger partial charge on any atom is 0.277 e. The van der Waals surface area contributed by atoms with Crippen molar-refractivity contribution in [1.82, 2.24) is 5.06 Å². The quantitative estimate of drug-likeness (QED) is 0.451. The lowest BCUT2D eigenvalue weighted by molar-refractivity contribution is -0.0724. The van der Waals surface area contributed by atoms with E-state index in [1.54, 1.807) is 31.2 Å². The minimum atomic E-state index is -0.419. The van der Waals surface area contributed by atoms with Crippen LogP contribution in [-0.4, -0.2) is 22.2 Å². The summed E-state index contributed by atoms with van der Waals surface area (Å²) in [6, 6.07) is 8.24. The average Bonchev–Trinajstić information content (AvgIpc) is 2.27. The van der Waals surface area contributed by atoms with E-state index in [1.807, 2.05) is 6.07 Å². The van der Waals surface area contributed by atoms with Gasteiger partial charge in [0, 0.05) is 5.56 Å². The number of hydrogen-bond acceptors (Lipinski definition) is 2. The molecule has 1 amide bonds. The largest absolute Gasteiger partial charge is 0.285 e. The topological polar surface area (TPSA) is 40.5 Å². The second-order valence-electron chi connectivity index (χ2n) is 2.99. The summed E-state index contributed by atoms with van der Waals surface area (Å²) in [7, 11) is 0. The standard InChI is InChI=1S/C11H13NO2/c1-3-9(2)12(14)11(13)10-7-5-4-6-8-10/h3-9,14H,1H2,2H3. The smallest absolute Gasteiger partial charge is 0.277 e. The zero-order valence-corrected chi connectivity index (χ0v) is 8.05. The van der Waals surface area contributed by atoms with Gasteiger partial charge in [-0.3, -0.25) is 10.0 Å². The molecule has 0 radical (unpaired) electrons. The Morgan fingerprint density at radius 3 is 2.57 bits per heavy atom. The van der Waals surface area contributed by atoms with Crippen molar-refractivity contribution in [2.45, 2.75) is 13.0 Å². The molecule has 0 aromatic heterocycles. The molecule has 0 heterocycles. The SMILES string of the molecule is C=CC(C)N(O)C(=O)c1ccccc1. The lowest BCUT2D eigenvalue weighted by atomic mass is 10.2. The van der Waals surface area contributed by atoms with E-state index < -0.39 is 5.91 Å². The molecule has 3 heteroatoms. The molecule has 0 saturated carbocycles. The summed E-state index contributed by atoms with van der Waals surface area (Å²) >= 11 is 0. The van der Waals surface area contributed by atoms with E-state index >= 15 is 0 Å². The highest BCUT2D eigenvalue weighted by molar-refractivity contribution is 5.93. The van der Waals surface area contributed by atoms with E-state index in [4.69, 9.17) is 0 Å². The van der Waals surface area contributed by atoms with Crippen LogP contribution in [0.1, 0.15) is 17.3 Å². The van der Waals surface area contributed by atoms with Crippen molar-refractivity contribution >= 4 is 5.91 Å². The lowest BCUT2D eigenvalue weighted by Gasteiger charge is -2.19. The van der Waals surface area contributed by atoms with Crippen LogP contribution in [0.15, 0.2) is 43.0 Å². The third kappa shape index (κ3) is 2.20. The van der Waals surface area contributed by atoms with Crippen LogP contribution in [0.5, 0.6) is 0 Å². The number of hydroxylamine groups is 2. The molecule has 3 nitrogen and oxygen atoms in total. The first-order chi connectivity index (χ1) is 6.66. The van der Waals surface area contributed by atoms with Crippen LogP contribution >= 0.6 is 0 Å². The molecule has 1 rings (SSSR count). The average molecular weight is 191 g/mol. The highest BCUT2D eigenvalue weighted by Gasteiger charge is 2.16. The molecule has 74 valence electrons. The maximum atomic E-state index is 11.6. The van der Waals surface area contributed by atoms with Crippen LogP contribution < -0.4 is 0 Å². The third-order valence-corrected chi connectivity index (χ3v) is 1.96. The van der Waals surface area contributed by atoms with E-state index in [1.165, 1.54) is 6.08 Å². The van der Waals surface area contributed by atoms with Crippen molar-refractivity contribution in [2.24, 2.45) is 0 Å². The van der Waals surface area contributed by atoms with Crippen LogP contribution in [0.4, 0.5) is 0 Å². The number of amides is 1. The predicted molar refractivity (Wildman–Crippen MR) is 54.1 cm³/mol. The molecule has 1 N–H and O–H groups in total. The molecule has 0 aliphatic heterocycles. The molecule has 1 aromatic rings. The first kappa shape index (κ1) is 10.5. The Balaban J connectivity index is 2.81. The fourth-order valence-electron chi connectivity index (χ4n) is 0.998. The fraction of sp³-hybridized carbons (Fsp3) is 0.182. The van der Waals surface area contributed by atoms with Gasteiger partial charge < -0.3 is 0 Å². The van der Waals surface area contributed by atoms with Gasteiger partial charge >= 0.3 is 0 Å². The molecule has 0 aliphatic carbocycles. The summed E-state index contributed by atoms with van der Waals surface area (Å²) in [5.74, 6) is -0.419. The van der Waals surface area contributed by atoms with Gasteiger partial charge in [-0.15, -0.1) is 6.58 Å². The zero-order valence-electron chi connectivity index (χ0n) is 8.05. The molecule has 1 aromatic carbocycles. The van der Waals surface area contributed by atoms with Crippen molar-refractivity contribution < 1.29 is 10.0 Å². The summed E-state index contributed by atoms with van der Waals surface area (Å²) in [5, 5.41) is 10.1. The summed E-state index contributed by atoms with van der Waals surface area (Å²) in [6.45, 7) is 5.19. The number of carbonyl (C=O) groups excluding carboxylic acids is 1. The number of rotatable bonds is 3. The monoisotopic (exact) mass is 191 g/mol. The van der Waals surface area contributed by atoms with Crippen molar-refractivity contribution in [3.8, 4) is 0 Å². The zero-order chi connectivity index (χ0) is 10.6. The minimum Gasteiger partial charge on any atom is -0.285 e. The Kier molecular flexibility index (Phi) is 3.42. The van der Waals surface area contributed by atoms with Crippen LogP contribution in [0, 0.1) is 0 Å². The number of nitrogens with zero attached hydrogens (tertiary/aromatic N) is 1. The van der Waals surface area contributed by atoms with Gasteiger partial charge in [-0.05, 0) is 19.1 Å². The molecule has 1 unspecified atom stereocenters. The molecule has 0 aliphatic rings. The molecule has 14 heavy (non-hydrogen) atoms. The first-order valence-electron chi connectivity index (χ1n) is 4.37. The summed E-state index contributed by atoms with van der Waals surface area (Å²) in [4.78, 5) is 11.6. The van der Waals surface area contributed by atoms with Gasteiger partial charge in [-0.25, -0.2) is 5.06 Å². The summed E-state index contributed by atoms with van der Waals surface area (Å²) < 4.78 is 0. The number of benzene rings is 1. The van der Waals surface area contributed by atoms with Gasteiger partial charge in [0.1, 0.15) is 0 Å². The van der Waals surface area contributed by atoms with Gasteiger partial charge in [-0.2, -0.15) is 0 Å². The lowest BCUT2D eigenvalue weighted by Crippen LogP contribution is -2.34. The minimum absolute atomic E-state index is 0.386. The fourth-order valence-corrected chi connectivity index (χ4v) is 0.998. The number of carbonyl (C=O) groups is 1. The molecule has 0 saturated heterocycles. The molecular weight excluding hydrogens is 178 g/mol. The maximum absolute atomic E-state index is 11.6. The Bertz CT molecular complexity index is 321. The molecule has 1 atom stereocenters. The van der Waals surface area contributed by atoms with E-state index in [-0.39, 0.29) is 6.04 Å². The van der Waals surface area contributed by atoms with Gasteiger partial charge in [0.25, 0.3) is 5.91 Å². The van der Waals surface area contributed by atoms with Crippen LogP contribution in [0.2, 0.25) is 0 Å². The van der Waals surface area contributed by atoms with E-state index in [0.717, 1.165) is 0 Å². The van der Waals surface area contributed by atoms with Gasteiger partial charge in [0.15, 0.2) is 0 Å². The molecule has 0 spiro atoms. The van der Waals surface area contributed by atoms with Crippen molar-refractivity contribution in [3.05, 3.63) is 48.6 Å². The first-order valence-corrected chi connectivity index (χ1v) is 4.37. The predicted octanol–water partition coefficient (Wildman–Crippen LogP) is 2.09. The van der Waals surface area contributed by atoms with Gasteiger partial charge in [0.2, 0.25) is 0 Å².